The number of nitrogens with one attached hydrogen (secondary N) is 1. The van der Waals surface area contributed by atoms with Crippen LogP contribution in [-0.4, -0.2) is 43.9 Å². The fourth-order valence-corrected chi connectivity index (χ4v) is 3.18. The second-order valence-electron chi connectivity index (χ2n) is 5.84. The Hall–Kier alpha value is -2.08. The Bertz CT molecular complexity index is 566. The number of ether oxygens (including phenoxy) is 2. The maximum atomic E-state index is 12.9. The van der Waals surface area contributed by atoms with Crippen molar-refractivity contribution < 1.29 is 24.2 Å². The number of benzene rings is 1. The molecular weight excluding hydrogens is 298 g/mol. The lowest BCUT2D eigenvalue weighted by atomic mass is 9.77. The molecule has 0 bridgehead atoms. The molecule has 0 radical (unpaired) electrons. The maximum absolute atomic E-state index is 12.9. The summed E-state index contributed by atoms with van der Waals surface area (Å²) in [5.41, 5.74) is 0.170. The fraction of sp³-hybridized carbons (Fsp3) is 0.529. The van der Waals surface area contributed by atoms with Crippen LogP contribution in [0.2, 0.25) is 0 Å². The van der Waals surface area contributed by atoms with Gasteiger partial charge in [0.2, 0.25) is 5.91 Å². The van der Waals surface area contributed by atoms with Crippen LogP contribution in [0, 0.1) is 0 Å². The monoisotopic (exact) mass is 321 g/mol. The Kier molecular flexibility index (Phi) is 5.60. The van der Waals surface area contributed by atoms with Crippen molar-refractivity contribution in [3.8, 4) is 5.75 Å². The van der Waals surface area contributed by atoms with E-state index in [4.69, 9.17) is 9.47 Å². The van der Waals surface area contributed by atoms with E-state index in [2.05, 4.69) is 5.32 Å². The molecule has 23 heavy (non-hydrogen) atoms. The summed E-state index contributed by atoms with van der Waals surface area (Å²) in [7, 11) is 3.00. The summed E-state index contributed by atoms with van der Waals surface area (Å²) in [6.07, 6.45) is 3.27. The lowest BCUT2D eigenvalue weighted by molar-refractivity contribution is -0.144. The molecular formula is C17H23NO5. The summed E-state index contributed by atoms with van der Waals surface area (Å²) < 4.78 is 10.1. The van der Waals surface area contributed by atoms with Crippen LogP contribution in [0.15, 0.2) is 24.3 Å². The molecule has 1 amide bonds. The first kappa shape index (κ1) is 17.3. The average molecular weight is 321 g/mol. The Morgan fingerprint density at radius 3 is 2.57 bits per heavy atom. The molecule has 1 saturated carbocycles. The van der Waals surface area contributed by atoms with Crippen LogP contribution in [0.5, 0.6) is 5.75 Å². The van der Waals surface area contributed by atoms with Gasteiger partial charge in [-0.1, -0.05) is 25.0 Å². The van der Waals surface area contributed by atoms with E-state index in [1.807, 2.05) is 24.3 Å². The molecule has 1 fully saturated rings. The average Bonchev–Trinajstić information content (AvgIpc) is 3.05. The van der Waals surface area contributed by atoms with Crippen LogP contribution in [0.25, 0.3) is 0 Å². The molecule has 1 atom stereocenters. The number of carboxylic acid groups (broad SMARTS) is 1. The number of aliphatic carboxylic acids is 1. The summed E-state index contributed by atoms with van der Waals surface area (Å²) in [5, 5.41) is 11.8. The van der Waals surface area contributed by atoms with E-state index in [1.54, 1.807) is 7.11 Å². The van der Waals surface area contributed by atoms with Crippen molar-refractivity contribution in [1.29, 1.82) is 0 Å². The van der Waals surface area contributed by atoms with E-state index >= 15 is 0 Å². The number of hydrogen-bond donors (Lipinski definition) is 2. The number of carbonyl (C=O) groups is 2. The molecule has 0 spiro atoms. The molecule has 1 unspecified atom stereocenters. The van der Waals surface area contributed by atoms with Gasteiger partial charge >= 0.3 is 5.97 Å². The van der Waals surface area contributed by atoms with Gasteiger partial charge in [0.05, 0.1) is 19.1 Å². The van der Waals surface area contributed by atoms with Gasteiger partial charge in [-0.3, -0.25) is 4.79 Å². The van der Waals surface area contributed by atoms with Crippen LogP contribution in [0.1, 0.15) is 31.2 Å². The lowest BCUT2D eigenvalue weighted by Crippen LogP contribution is -2.51. The number of amides is 1. The van der Waals surface area contributed by atoms with Crippen molar-refractivity contribution in [3.63, 3.8) is 0 Å². The number of methoxy groups -OCH3 is 2. The molecule has 1 aromatic rings. The van der Waals surface area contributed by atoms with Crippen LogP contribution < -0.4 is 10.1 Å². The first-order chi connectivity index (χ1) is 11.0. The zero-order chi connectivity index (χ0) is 16.9. The first-order valence-corrected chi connectivity index (χ1v) is 7.71. The van der Waals surface area contributed by atoms with Crippen LogP contribution in [-0.2, 0) is 19.7 Å². The molecule has 1 aliphatic carbocycles. The molecule has 2 N–H and O–H groups in total. The highest BCUT2D eigenvalue weighted by Crippen LogP contribution is 2.42. The summed E-state index contributed by atoms with van der Waals surface area (Å²) >= 11 is 0. The van der Waals surface area contributed by atoms with Gasteiger partial charge in [0, 0.05) is 7.11 Å². The summed E-state index contributed by atoms with van der Waals surface area (Å²) in [5.74, 6) is -0.667. The Morgan fingerprint density at radius 2 is 2.00 bits per heavy atom. The van der Waals surface area contributed by atoms with Crippen molar-refractivity contribution in [2.24, 2.45) is 0 Å². The quantitative estimate of drug-likeness (QED) is 0.799. The van der Waals surface area contributed by atoms with Gasteiger partial charge < -0.3 is 19.9 Å². The van der Waals surface area contributed by atoms with Crippen LogP contribution >= 0.6 is 0 Å². The molecule has 126 valence electrons. The zero-order valence-electron chi connectivity index (χ0n) is 13.5. The van der Waals surface area contributed by atoms with E-state index in [0.717, 1.165) is 18.4 Å². The van der Waals surface area contributed by atoms with Gasteiger partial charge in [-0.25, -0.2) is 4.79 Å². The maximum Gasteiger partial charge on any atom is 0.328 e. The third-order valence-electron chi connectivity index (χ3n) is 4.45. The van der Waals surface area contributed by atoms with E-state index < -0.39 is 17.4 Å². The van der Waals surface area contributed by atoms with Crippen molar-refractivity contribution in [1.82, 2.24) is 5.32 Å². The molecule has 6 heteroatoms. The second-order valence-corrected chi connectivity index (χ2v) is 5.84. The summed E-state index contributed by atoms with van der Waals surface area (Å²) in [4.78, 5) is 24.2. The first-order valence-electron chi connectivity index (χ1n) is 7.71. The summed E-state index contributed by atoms with van der Waals surface area (Å²) in [6.45, 7) is -0.0603. The molecule has 6 nitrogen and oxygen atoms in total. The molecule has 1 aromatic carbocycles. The number of hydrogen-bond acceptors (Lipinski definition) is 4. The Morgan fingerprint density at radius 1 is 1.30 bits per heavy atom. The number of carboxylic acids is 1. The number of carbonyl (C=O) groups excluding carboxylic acids is 1. The SMILES string of the molecule is COCC(NC(=O)C1(c2cccc(OC)c2)CCCC1)C(=O)O. The minimum absolute atomic E-state index is 0.0603. The highest BCUT2D eigenvalue weighted by atomic mass is 16.5. The van der Waals surface area contributed by atoms with Crippen LogP contribution in [0.4, 0.5) is 0 Å². The van der Waals surface area contributed by atoms with Gasteiger partial charge in [0.25, 0.3) is 0 Å². The van der Waals surface area contributed by atoms with Crippen molar-refractivity contribution in [2.45, 2.75) is 37.1 Å². The highest BCUT2D eigenvalue weighted by Gasteiger charge is 2.44. The van der Waals surface area contributed by atoms with Gasteiger partial charge in [-0.05, 0) is 30.5 Å². The van der Waals surface area contributed by atoms with Crippen molar-refractivity contribution >= 4 is 11.9 Å². The van der Waals surface area contributed by atoms with E-state index in [9.17, 15) is 14.7 Å². The second kappa shape index (κ2) is 7.46. The standard InChI is InChI=1S/C17H23NO5/c1-22-11-14(15(19)20)18-16(21)17(8-3-4-9-17)12-6-5-7-13(10-12)23-2/h5-7,10,14H,3-4,8-9,11H2,1-2H3,(H,18,21)(H,19,20). The van der Waals surface area contributed by atoms with Crippen LogP contribution in [0.3, 0.4) is 0 Å². The fourth-order valence-electron chi connectivity index (χ4n) is 3.18. The Balaban J connectivity index is 2.29. The molecule has 0 aromatic heterocycles. The minimum Gasteiger partial charge on any atom is -0.497 e. The van der Waals surface area contributed by atoms with Crippen molar-refractivity contribution in [2.75, 3.05) is 20.8 Å². The van der Waals surface area contributed by atoms with Crippen molar-refractivity contribution in [3.05, 3.63) is 29.8 Å². The predicted octanol–water partition coefficient (Wildman–Crippen LogP) is 1.72. The lowest BCUT2D eigenvalue weighted by Gasteiger charge is -2.30. The Labute approximate surface area is 135 Å². The third-order valence-corrected chi connectivity index (χ3v) is 4.45. The normalized spacial score (nSPS) is 17.5. The van der Waals surface area contributed by atoms with E-state index in [1.165, 1.54) is 7.11 Å². The van der Waals surface area contributed by atoms with E-state index in [-0.39, 0.29) is 12.5 Å². The minimum atomic E-state index is -1.10. The molecule has 0 aliphatic heterocycles. The van der Waals surface area contributed by atoms with E-state index in [0.29, 0.717) is 18.6 Å². The predicted molar refractivity (Wildman–Crippen MR) is 84.6 cm³/mol. The molecule has 1 aliphatic rings. The zero-order valence-corrected chi connectivity index (χ0v) is 13.5. The molecule has 0 heterocycles. The van der Waals surface area contributed by atoms with Gasteiger partial charge in [-0.15, -0.1) is 0 Å². The molecule has 2 rings (SSSR count). The topological polar surface area (TPSA) is 84.9 Å². The molecule has 0 saturated heterocycles. The summed E-state index contributed by atoms with van der Waals surface area (Å²) in [6, 6.07) is 6.40. The largest absolute Gasteiger partial charge is 0.497 e. The smallest absolute Gasteiger partial charge is 0.328 e. The third kappa shape index (κ3) is 3.64. The van der Waals surface area contributed by atoms with Gasteiger partial charge in [-0.2, -0.15) is 0 Å². The van der Waals surface area contributed by atoms with Gasteiger partial charge in [0.15, 0.2) is 6.04 Å². The number of rotatable bonds is 7. The highest BCUT2D eigenvalue weighted by molar-refractivity contribution is 5.92. The van der Waals surface area contributed by atoms with Gasteiger partial charge in [0.1, 0.15) is 5.75 Å².